The van der Waals surface area contributed by atoms with Crippen LogP contribution >= 0.6 is 34.8 Å². The van der Waals surface area contributed by atoms with E-state index in [9.17, 15) is 9.59 Å². The largest absolute Gasteiger partial charge is 0.276 e. The molecular formula is C15H9Cl3O2. The molecule has 5 heteroatoms. The predicted octanol–water partition coefficient (Wildman–Crippen LogP) is 4.77. The summed E-state index contributed by atoms with van der Waals surface area (Å²) in [5.41, 5.74) is 2.50. The maximum absolute atomic E-state index is 11.0. The van der Waals surface area contributed by atoms with Gasteiger partial charge in [-0.05, 0) is 58.6 Å². The number of carbonyl (C=O) groups is 2. The fraction of sp³-hybridized carbons (Fsp3) is 0.0667. The molecule has 102 valence electrons. The quantitative estimate of drug-likeness (QED) is 0.598. The lowest BCUT2D eigenvalue weighted by molar-refractivity contribution is 0.107. The van der Waals surface area contributed by atoms with Crippen LogP contribution in [0.4, 0.5) is 0 Å². The molecule has 2 rings (SSSR count). The molecule has 0 saturated heterocycles. The van der Waals surface area contributed by atoms with Gasteiger partial charge in [0.1, 0.15) is 0 Å². The van der Waals surface area contributed by atoms with Crippen molar-refractivity contribution in [2.45, 2.75) is 5.38 Å². The average Bonchev–Trinajstić information content (AvgIpc) is 2.46. The van der Waals surface area contributed by atoms with Crippen LogP contribution in [0.15, 0.2) is 48.5 Å². The molecule has 2 nitrogen and oxygen atoms in total. The molecule has 2 aromatic rings. The first-order valence-electron chi connectivity index (χ1n) is 5.72. The Balaban J connectivity index is 2.24. The van der Waals surface area contributed by atoms with E-state index < -0.39 is 10.5 Å². The fourth-order valence-corrected chi connectivity index (χ4v) is 2.30. The van der Waals surface area contributed by atoms with Gasteiger partial charge in [-0.1, -0.05) is 24.3 Å². The third kappa shape index (κ3) is 3.40. The highest BCUT2D eigenvalue weighted by atomic mass is 35.5. The number of carbonyl (C=O) groups excluding carboxylic acids is 2. The van der Waals surface area contributed by atoms with Crippen molar-refractivity contribution >= 4 is 45.3 Å². The van der Waals surface area contributed by atoms with Crippen molar-refractivity contribution in [3.05, 3.63) is 70.8 Å². The van der Waals surface area contributed by atoms with Crippen molar-refractivity contribution in [3.8, 4) is 0 Å². The molecule has 0 atom stereocenters. The molecule has 0 fully saturated rings. The second-order valence-corrected chi connectivity index (χ2v) is 5.28. The molecule has 0 aromatic heterocycles. The van der Waals surface area contributed by atoms with Crippen LogP contribution in [0.5, 0.6) is 0 Å². The second-order valence-electron chi connectivity index (χ2n) is 4.15. The summed E-state index contributed by atoms with van der Waals surface area (Å²) in [6.07, 6.45) is 0. The maximum atomic E-state index is 11.0. The average molecular weight is 328 g/mol. The number of rotatable bonds is 4. The Hall–Kier alpha value is -1.35. The summed E-state index contributed by atoms with van der Waals surface area (Å²) in [6, 6.07) is 13.5. The molecule has 0 amide bonds. The molecular weight excluding hydrogens is 319 g/mol. The van der Waals surface area contributed by atoms with E-state index in [1.54, 1.807) is 48.5 Å². The van der Waals surface area contributed by atoms with Crippen LogP contribution < -0.4 is 0 Å². The highest BCUT2D eigenvalue weighted by molar-refractivity contribution is 6.68. The molecule has 0 N–H and O–H groups in total. The third-order valence-corrected chi connectivity index (χ3v) is 3.80. The van der Waals surface area contributed by atoms with Crippen LogP contribution in [0, 0.1) is 0 Å². The zero-order valence-corrected chi connectivity index (χ0v) is 12.4. The Kier molecular flexibility index (Phi) is 4.81. The summed E-state index contributed by atoms with van der Waals surface area (Å²) in [7, 11) is 0. The number of hydrogen-bond acceptors (Lipinski definition) is 2. The summed E-state index contributed by atoms with van der Waals surface area (Å²) < 4.78 is 0. The van der Waals surface area contributed by atoms with Gasteiger partial charge < -0.3 is 0 Å². The summed E-state index contributed by atoms with van der Waals surface area (Å²) in [6.45, 7) is 0. The molecule has 0 aliphatic rings. The molecule has 0 saturated carbocycles. The Morgan fingerprint density at radius 1 is 0.700 bits per heavy atom. The minimum Gasteiger partial charge on any atom is -0.276 e. The van der Waals surface area contributed by atoms with E-state index in [1.807, 2.05) is 0 Å². The second kappa shape index (κ2) is 6.40. The summed E-state index contributed by atoms with van der Waals surface area (Å²) in [4.78, 5) is 22.0. The number of halogens is 3. The maximum Gasteiger partial charge on any atom is 0.252 e. The Morgan fingerprint density at radius 3 is 1.25 bits per heavy atom. The molecule has 20 heavy (non-hydrogen) atoms. The van der Waals surface area contributed by atoms with Gasteiger partial charge >= 0.3 is 0 Å². The lowest BCUT2D eigenvalue weighted by Crippen LogP contribution is -1.96. The Morgan fingerprint density at radius 2 is 1.00 bits per heavy atom. The smallest absolute Gasteiger partial charge is 0.252 e. The van der Waals surface area contributed by atoms with Crippen LogP contribution in [-0.4, -0.2) is 10.5 Å². The number of alkyl halides is 1. The van der Waals surface area contributed by atoms with Gasteiger partial charge in [0.2, 0.25) is 0 Å². The Labute approximate surface area is 131 Å². The zero-order valence-electron chi connectivity index (χ0n) is 10.1. The third-order valence-electron chi connectivity index (χ3n) is 2.86. The van der Waals surface area contributed by atoms with E-state index in [1.165, 1.54) is 0 Å². The normalized spacial score (nSPS) is 10.6. The van der Waals surface area contributed by atoms with E-state index in [2.05, 4.69) is 0 Å². The lowest BCUT2D eigenvalue weighted by Gasteiger charge is -2.11. The highest BCUT2D eigenvalue weighted by Crippen LogP contribution is 2.29. The van der Waals surface area contributed by atoms with Gasteiger partial charge in [-0.3, -0.25) is 9.59 Å². The van der Waals surface area contributed by atoms with Crippen LogP contribution in [0.3, 0.4) is 0 Å². The summed E-state index contributed by atoms with van der Waals surface area (Å²) in [5.74, 6) is 0. The van der Waals surface area contributed by atoms with Crippen LogP contribution in [-0.2, 0) is 0 Å². The fourth-order valence-electron chi connectivity index (χ4n) is 1.76. The highest BCUT2D eigenvalue weighted by Gasteiger charge is 2.12. The van der Waals surface area contributed by atoms with E-state index in [-0.39, 0.29) is 5.38 Å². The number of hydrogen-bond donors (Lipinski definition) is 0. The number of benzene rings is 2. The zero-order chi connectivity index (χ0) is 14.7. The van der Waals surface area contributed by atoms with Crippen molar-refractivity contribution in [2.75, 3.05) is 0 Å². The van der Waals surface area contributed by atoms with Gasteiger partial charge in [-0.15, -0.1) is 11.6 Å². The molecule has 0 radical (unpaired) electrons. The van der Waals surface area contributed by atoms with Crippen molar-refractivity contribution in [1.82, 2.24) is 0 Å². The van der Waals surface area contributed by atoms with Crippen molar-refractivity contribution < 1.29 is 9.59 Å². The van der Waals surface area contributed by atoms with Gasteiger partial charge in [-0.25, -0.2) is 0 Å². The van der Waals surface area contributed by atoms with E-state index in [4.69, 9.17) is 34.8 Å². The van der Waals surface area contributed by atoms with Crippen LogP contribution in [0.2, 0.25) is 0 Å². The molecule has 0 spiro atoms. The first-order valence-corrected chi connectivity index (χ1v) is 6.92. The van der Waals surface area contributed by atoms with E-state index in [0.29, 0.717) is 11.1 Å². The standard InChI is InChI=1S/C15H9Cl3O2/c16-13(9-1-5-11(6-2-9)14(17)19)10-3-7-12(8-4-10)15(18)20/h1-8,13H. The van der Waals surface area contributed by atoms with E-state index >= 15 is 0 Å². The molecule has 0 aliphatic heterocycles. The molecule has 0 bridgehead atoms. The Bertz CT molecular complexity index is 576. The first kappa shape index (κ1) is 15.0. The van der Waals surface area contributed by atoms with Crippen molar-refractivity contribution in [3.63, 3.8) is 0 Å². The van der Waals surface area contributed by atoms with Gasteiger partial charge in [-0.2, -0.15) is 0 Å². The van der Waals surface area contributed by atoms with Crippen molar-refractivity contribution in [1.29, 1.82) is 0 Å². The van der Waals surface area contributed by atoms with Gasteiger partial charge in [0, 0.05) is 11.1 Å². The van der Waals surface area contributed by atoms with Crippen LogP contribution in [0.1, 0.15) is 37.2 Å². The lowest BCUT2D eigenvalue weighted by atomic mass is 10.0. The summed E-state index contributed by atoms with van der Waals surface area (Å²) in [5, 5.41) is -1.39. The van der Waals surface area contributed by atoms with Crippen LogP contribution in [0.25, 0.3) is 0 Å². The minimum absolute atomic E-state index is 0.381. The predicted molar refractivity (Wildman–Crippen MR) is 80.9 cm³/mol. The minimum atomic E-state index is -0.507. The first-order chi connectivity index (χ1) is 9.49. The van der Waals surface area contributed by atoms with Gasteiger partial charge in [0.15, 0.2) is 0 Å². The van der Waals surface area contributed by atoms with Crippen molar-refractivity contribution in [2.24, 2.45) is 0 Å². The molecule has 0 aliphatic carbocycles. The monoisotopic (exact) mass is 326 g/mol. The topological polar surface area (TPSA) is 34.1 Å². The van der Waals surface area contributed by atoms with Gasteiger partial charge in [0.25, 0.3) is 10.5 Å². The molecule has 0 unspecified atom stereocenters. The molecule has 0 heterocycles. The molecule has 2 aromatic carbocycles. The van der Waals surface area contributed by atoms with E-state index in [0.717, 1.165) is 11.1 Å². The summed E-state index contributed by atoms with van der Waals surface area (Å²) >= 11 is 17.1. The van der Waals surface area contributed by atoms with Gasteiger partial charge in [0.05, 0.1) is 5.38 Å². The SMILES string of the molecule is O=C(Cl)c1ccc(C(Cl)c2ccc(C(=O)Cl)cc2)cc1.